The Morgan fingerprint density at radius 3 is 2.61 bits per heavy atom. The van der Waals surface area contributed by atoms with E-state index < -0.39 is 24.3 Å². The van der Waals surface area contributed by atoms with E-state index in [0.29, 0.717) is 22.9 Å². The summed E-state index contributed by atoms with van der Waals surface area (Å²) in [5.74, 6) is -1.03. The summed E-state index contributed by atoms with van der Waals surface area (Å²) >= 11 is 0. The van der Waals surface area contributed by atoms with Crippen molar-refractivity contribution in [2.75, 3.05) is 18.0 Å². The minimum Gasteiger partial charge on any atom is -0.480 e. The van der Waals surface area contributed by atoms with Crippen molar-refractivity contribution in [3.63, 3.8) is 0 Å². The van der Waals surface area contributed by atoms with Gasteiger partial charge in [-0.2, -0.15) is 0 Å². The highest BCUT2D eigenvalue weighted by atomic mass is 19.3. The molecule has 0 spiro atoms. The molecule has 2 aromatic heterocycles. The van der Waals surface area contributed by atoms with E-state index >= 15 is 0 Å². The van der Waals surface area contributed by atoms with Crippen LogP contribution in [0.2, 0.25) is 0 Å². The lowest BCUT2D eigenvalue weighted by Gasteiger charge is -2.31. The number of carbonyl (C=O) groups is 2. The van der Waals surface area contributed by atoms with Gasteiger partial charge < -0.3 is 20.1 Å². The van der Waals surface area contributed by atoms with Crippen LogP contribution in [0, 0.1) is 6.92 Å². The number of aromatic nitrogens is 5. The molecule has 3 heterocycles. The van der Waals surface area contributed by atoms with E-state index in [1.54, 1.807) is 19.1 Å². The van der Waals surface area contributed by atoms with Gasteiger partial charge in [0.25, 0.3) is 6.43 Å². The number of alkyl halides is 2. The number of carboxylic acids is 1. The van der Waals surface area contributed by atoms with Crippen molar-refractivity contribution in [1.82, 2.24) is 30.5 Å². The van der Waals surface area contributed by atoms with Crippen molar-refractivity contribution >= 4 is 17.7 Å². The van der Waals surface area contributed by atoms with Crippen molar-refractivity contribution in [2.24, 2.45) is 0 Å². The highest BCUT2D eigenvalue weighted by Gasteiger charge is 2.30. The van der Waals surface area contributed by atoms with Gasteiger partial charge in [0.15, 0.2) is 5.82 Å². The van der Waals surface area contributed by atoms with Crippen LogP contribution in [0.25, 0.3) is 5.69 Å². The predicted molar refractivity (Wildman–Crippen MR) is 109 cm³/mol. The number of piperazine rings is 1. The molecule has 1 aromatic carbocycles. The van der Waals surface area contributed by atoms with E-state index in [-0.39, 0.29) is 31.1 Å². The van der Waals surface area contributed by atoms with Gasteiger partial charge in [0.2, 0.25) is 11.8 Å². The van der Waals surface area contributed by atoms with E-state index in [1.165, 1.54) is 33.8 Å². The number of halogens is 2. The Morgan fingerprint density at radius 2 is 1.97 bits per heavy atom. The zero-order valence-electron chi connectivity index (χ0n) is 17.4. The number of nitrogens with one attached hydrogen (secondary N) is 1. The summed E-state index contributed by atoms with van der Waals surface area (Å²) in [4.78, 5) is 24.5. The molecule has 13 heteroatoms. The van der Waals surface area contributed by atoms with Gasteiger partial charge in [-0.05, 0) is 25.1 Å². The first kappa shape index (κ1) is 22.0. The third kappa shape index (κ3) is 4.86. The Morgan fingerprint density at radius 1 is 1.21 bits per heavy atom. The number of ether oxygens (including phenoxy) is 1. The maximum atomic E-state index is 12.8. The Hall–Kier alpha value is -4.16. The predicted octanol–water partition coefficient (Wildman–Crippen LogP) is 1.27. The third-order valence-electron chi connectivity index (χ3n) is 5.02. The summed E-state index contributed by atoms with van der Waals surface area (Å²) in [6.45, 7) is 1.80. The number of anilines is 1. The van der Waals surface area contributed by atoms with Gasteiger partial charge in [-0.3, -0.25) is 4.79 Å². The number of carboxylic acid groups (broad SMARTS) is 1. The van der Waals surface area contributed by atoms with Crippen molar-refractivity contribution in [2.45, 2.75) is 26.0 Å². The molecule has 1 aliphatic rings. The van der Waals surface area contributed by atoms with Gasteiger partial charge in [0.1, 0.15) is 18.3 Å². The molecule has 1 fully saturated rings. The van der Waals surface area contributed by atoms with Gasteiger partial charge in [-0.15, -0.1) is 15.3 Å². The molecule has 11 nitrogen and oxygen atoms in total. The van der Waals surface area contributed by atoms with Gasteiger partial charge >= 0.3 is 5.97 Å². The second-order valence-electron chi connectivity index (χ2n) is 7.28. The van der Waals surface area contributed by atoms with Gasteiger partial charge in [0.05, 0.1) is 24.5 Å². The first-order valence-electron chi connectivity index (χ1n) is 9.85. The Bertz CT molecular complexity index is 1150. The topological polar surface area (TPSA) is 135 Å². The average molecular weight is 459 g/mol. The molecule has 33 heavy (non-hydrogen) atoms. The molecule has 1 amide bonds. The molecule has 4 rings (SSSR count). The van der Waals surface area contributed by atoms with Crippen LogP contribution in [-0.2, 0) is 16.2 Å². The van der Waals surface area contributed by atoms with Crippen LogP contribution in [0.1, 0.15) is 23.4 Å². The lowest BCUT2D eigenvalue weighted by Crippen LogP contribution is -2.57. The largest absolute Gasteiger partial charge is 0.480 e. The number of nitrogens with zero attached hydrogens (tertiary/aromatic N) is 6. The highest BCUT2D eigenvalue weighted by Crippen LogP contribution is 2.22. The zero-order chi connectivity index (χ0) is 23.5. The number of aryl methyl sites for hydroxylation is 1. The summed E-state index contributed by atoms with van der Waals surface area (Å²) in [5.41, 5.74) is 1.65. The van der Waals surface area contributed by atoms with Gasteiger partial charge in [-0.1, -0.05) is 17.3 Å². The summed E-state index contributed by atoms with van der Waals surface area (Å²) in [7, 11) is 0. The molecule has 1 unspecified atom stereocenters. The summed E-state index contributed by atoms with van der Waals surface area (Å²) in [5, 5.41) is 27.6. The van der Waals surface area contributed by atoms with Gasteiger partial charge in [-0.25, -0.2) is 18.3 Å². The summed E-state index contributed by atoms with van der Waals surface area (Å²) in [6.07, 6.45) is -2.56. The number of amides is 1. The number of hydrogen-bond acceptors (Lipinski definition) is 8. The lowest BCUT2D eigenvalue weighted by molar-refractivity contribution is -0.142. The number of hydrogen-bond donors (Lipinski definition) is 2. The summed E-state index contributed by atoms with van der Waals surface area (Å²) < 4.78 is 32.8. The van der Waals surface area contributed by atoms with E-state index in [4.69, 9.17) is 9.84 Å². The number of aliphatic carboxylic acids is 1. The molecule has 3 aromatic rings. The number of carbonyl (C=O) groups excluding carboxylic acids is 1. The first-order chi connectivity index (χ1) is 15.8. The Kier molecular flexibility index (Phi) is 6.11. The maximum Gasteiger partial charge on any atom is 0.328 e. The molecule has 0 saturated carbocycles. The molecular formula is C20H19F2N7O4. The third-order valence-corrected chi connectivity index (χ3v) is 5.02. The van der Waals surface area contributed by atoms with Crippen molar-refractivity contribution in [3.8, 4) is 11.6 Å². The Balaban J connectivity index is 1.44. The number of benzene rings is 1. The summed E-state index contributed by atoms with van der Waals surface area (Å²) in [6, 6.07) is 7.77. The van der Waals surface area contributed by atoms with Crippen molar-refractivity contribution in [3.05, 3.63) is 53.3 Å². The van der Waals surface area contributed by atoms with Crippen LogP contribution in [0.5, 0.6) is 5.88 Å². The second kappa shape index (κ2) is 9.14. The first-order valence-corrected chi connectivity index (χ1v) is 9.85. The molecule has 172 valence electrons. The van der Waals surface area contributed by atoms with Crippen molar-refractivity contribution < 1.29 is 28.2 Å². The van der Waals surface area contributed by atoms with E-state index in [1.807, 2.05) is 0 Å². The van der Waals surface area contributed by atoms with Crippen LogP contribution in [0.15, 0.2) is 36.4 Å². The molecular weight excluding hydrogens is 440 g/mol. The molecule has 1 aliphatic heterocycles. The van der Waals surface area contributed by atoms with Crippen LogP contribution in [0.3, 0.4) is 0 Å². The number of rotatable bonds is 7. The van der Waals surface area contributed by atoms with Crippen LogP contribution >= 0.6 is 0 Å². The van der Waals surface area contributed by atoms with E-state index in [2.05, 4.69) is 25.8 Å². The fourth-order valence-electron chi connectivity index (χ4n) is 3.27. The van der Waals surface area contributed by atoms with Crippen LogP contribution < -0.4 is 15.0 Å². The molecule has 1 saturated heterocycles. The molecule has 0 radical (unpaired) electrons. The zero-order valence-corrected chi connectivity index (χ0v) is 17.4. The monoisotopic (exact) mass is 459 g/mol. The van der Waals surface area contributed by atoms with Crippen LogP contribution in [-0.4, -0.2) is 61.3 Å². The normalized spacial score (nSPS) is 16.1. The highest BCUT2D eigenvalue weighted by molar-refractivity contribution is 5.89. The average Bonchev–Trinajstić information content (AvgIpc) is 3.17. The fraction of sp³-hybridized carbons (Fsp3) is 0.300. The van der Waals surface area contributed by atoms with Crippen LogP contribution in [0.4, 0.5) is 14.6 Å². The maximum absolute atomic E-state index is 12.8. The molecule has 0 aliphatic carbocycles. The molecule has 0 bridgehead atoms. The quantitative estimate of drug-likeness (QED) is 0.535. The second-order valence-corrected chi connectivity index (χ2v) is 7.28. The lowest BCUT2D eigenvalue weighted by atomic mass is 10.2. The SMILES string of the molecule is Cc1nnn(-c2ccc(C(F)F)cc2)c1COc1ccc(N2CC(=O)NC(C(=O)O)C2)nn1. The van der Waals surface area contributed by atoms with E-state index in [9.17, 15) is 18.4 Å². The smallest absolute Gasteiger partial charge is 0.328 e. The minimum atomic E-state index is -2.56. The van der Waals surface area contributed by atoms with Crippen molar-refractivity contribution in [1.29, 1.82) is 0 Å². The fourth-order valence-corrected chi connectivity index (χ4v) is 3.27. The Labute approximate surface area is 186 Å². The van der Waals surface area contributed by atoms with E-state index in [0.717, 1.165) is 0 Å². The molecule has 1 atom stereocenters. The minimum absolute atomic E-state index is 0.0347. The van der Waals surface area contributed by atoms with Gasteiger partial charge in [0, 0.05) is 11.6 Å². The molecule has 2 N–H and O–H groups in total. The standard InChI is InChI=1S/C20H19F2N7O4/c1-11-15(29(27-24-11)13-4-2-12(3-5-13)19(21)22)10-33-18-7-6-16(25-26-18)28-8-14(20(31)32)23-17(30)9-28/h2-7,14,19H,8-10H2,1H3,(H,23,30)(H,31,32).